The summed E-state index contributed by atoms with van der Waals surface area (Å²) in [7, 11) is -2.21. The third-order valence-electron chi connectivity index (χ3n) is 4.62. The van der Waals surface area contributed by atoms with E-state index in [1.54, 1.807) is 55.6 Å². The lowest BCUT2D eigenvalue weighted by molar-refractivity contribution is -0.128. The zero-order valence-electron chi connectivity index (χ0n) is 16.5. The molecule has 0 atom stereocenters. The van der Waals surface area contributed by atoms with Gasteiger partial charge in [-0.3, -0.25) is 9.10 Å². The summed E-state index contributed by atoms with van der Waals surface area (Å²) in [6.07, 6.45) is 0. The monoisotopic (exact) mass is 408 g/mol. The van der Waals surface area contributed by atoms with Gasteiger partial charge in [0.2, 0.25) is 5.91 Å². The van der Waals surface area contributed by atoms with Crippen LogP contribution in [0.15, 0.2) is 89.8 Å². The molecule has 29 heavy (non-hydrogen) atoms. The van der Waals surface area contributed by atoms with E-state index in [-0.39, 0.29) is 17.3 Å². The third-order valence-corrected chi connectivity index (χ3v) is 6.41. The molecule has 0 unspecified atom stereocenters. The molecule has 5 nitrogen and oxygen atoms in total. The lowest BCUT2D eigenvalue weighted by atomic mass is 10.2. The minimum absolute atomic E-state index is 0.158. The average molecular weight is 409 g/mol. The number of amides is 1. The van der Waals surface area contributed by atoms with Crippen LogP contribution < -0.4 is 4.31 Å². The lowest BCUT2D eigenvalue weighted by Gasteiger charge is -2.26. The topological polar surface area (TPSA) is 57.7 Å². The Labute approximate surface area is 172 Å². The molecule has 0 saturated carbocycles. The first kappa shape index (κ1) is 20.6. The number of aryl methyl sites for hydroxylation is 1. The minimum Gasteiger partial charge on any atom is -0.340 e. The standard InChI is InChI=1S/C23H24N2O3S/c1-19-13-15-22(16-14-19)29(27,28)25(21-11-7-4-8-12-21)18-23(26)24(2)17-20-9-5-3-6-10-20/h3-16H,17-18H2,1-2H3. The molecule has 0 aliphatic heterocycles. The van der Waals surface area contributed by atoms with E-state index in [9.17, 15) is 13.2 Å². The normalized spacial score (nSPS) is 11.1. The number of benzene rings is 3. The van der Waals surface area contributed by atoms with Gasteiger partial charge in [0.05, 0.1) is 10.6 Å². The van der Waals surface area contributed by atoms with Crippen molar-refractivity contribution in [3.05, 3.63) is 96.1 Å². The van der Waals surface area contributed by atoms with Crippen molar-refractivity contribution in [1.29, 1.82) is 0 Å². The maximum atomic E-state index is 13.3. The fraction of sp³-hybridized carbons (Fsp3) is 0.174. The van der Waals surface area contributed by atoms with E-state index >= 15 is 0 Å². The smallest absolute Gasteiger partial charge is 0.264 e. The number of carbonyl (C=O) groups is 1. The van der Waals surface area contributed by atoms with E-state index in [2.05, 4.69) is 0 Å². The zero-order chi connectivity index (χ0) is 20.9. The SMILES string of the molecule is Cc1ccc(S(=O)(=O)N(CC(=O)N(C)Cc2ccccc2)c2ccccc2)cc1. The molecule has 0 radical (unpaired) electrons. The van der Waals surface area contributed by atoms with Crippen molar-refractivity contribution in [2.75, 3.05) is 17.9 Å². The third kappa shape index (κ3) is 5.03. The number of nitrogens with zero attached hydrogens (tertiary/aromatic N) is 2. The maximum absolute atomic E-state index is 13.3. The molecule has 0 heterocycles. The fourth-order valence-electron chi connectivity index (χ4n) is 2.94. The van der Waals surface area contributed by atoms with Crippen LogP contribution in [0.25, 0.3) is 0 Å². The molecule has 0 spiro atoms. The highest BCUT2D eigenvalue weighted by atomic mass is 32.2. The molecular formula is C23H24N2O3S. The van der Waals surface area contributed by atoms with Crippen LogP contribution in [0.5, 0.6) is 0 Å². The first-order valence-corrected chi connectivity index (χ1v) is 10.7. The van der Waals surface area contributed by atoms with E-state index in [4.69, 9.17) is 0 Å². The summed E-state index contributed by atoms with van der Waals surface area (Å²) in [5.41, 5.74) is 2.40. The lowest BCUT2D eigenvalue weighted by Crippen LogP contribution is -2.41. The highest BCUT2D eigenvalue weighted by Crippen LogP contribution is 2.24. The van der Waals surface area contributed by atoms with Crippen molar-refractivity contribution in [2.24, 2.45) is 0 Å². The fourth-order valence-corrected chi connectivity index (χ4v) is 4.35. The summed E-state index contributed by atoms with van der Waals surface area (Å²) in [4.78, 5) is 14.6. The second-order valence-corrected chi connectivity index (χ2v) is 8.76. The highest BCUT2D eigenvalue weighted by molar-refractivity contribution is 7.92. The second kappa shape index (κ2) is 8.92. The molecular weight excluding hydrogens is 384 g/mol. The number of hydrogen-bond donors (Lipinski definition) is 0. The van der Waals surface area contributed by atoms with Gasteiger partial charge in [0.25, 0.3) is 10.0 Å². The summed E-state index contributed by atoms with van der Waals surface area (Å²) in [5, 5.41) is 0. The Kier molecular flexibility index (Phi) is 6.34. The van der Waals surface area contributed by atoms with Gasteiger partial charge in [0.1, 0.15) is 6.54 Å². The van der Waals surface area contributed by atoms with Gasteiger partial charge in [-0.2, -0.15) is 0 Å². The zero-order valence-corrected chi connectivity index (χ0v) is 17.3. The summed E-state index contributed by atoms with van der Waals surface area (Å²) in [5.74, 6) is -0.284. The molecule has 3 rings (SSSR count). The number of para-hydroxylation sites is 1. The Morgan fingerprint density at radius 3 is 1.97 bits per heavy atom. The Hall–Kier alpha value is -3.12. The molecule has 150 valence electrons. The number of anilines is 1. The van der Waals surface area contributed by atoms with Crippen molar-refractivity contribution in [2.45, 2.75) is 18.4 Å². The van der Waals surface area contributed by atoms with Crippen LogP contribution >= 0.6 is 0 Å². The molecule has 0 N–H and O–H groups in total. The molecule has 0 fully saturated rings. The van der Waals surface area contributed by atoms with Crippen LogP contribution in [0.3, 0.4) is 0 Å². The van der Waals surface area contributed by atoms with E-state index in [1.165, 1.54) is 9.21 Å². The van der Waals surface area contributed by atoms with Crippen molar-refractivity contribution in [1.82, 2.24) is 4.90 Å². The maximum Gasteiger partial charge on any atom is 0.264 e. The van der Waals surface area contributed by atoms with Gasteiger partial charge in [-0.05, 0) is 36.8 Å². The highest BCUT2D eigenvalue weighted by Gasteiger charge is 2.28. The Bertz CT molecular complexity index is 1050. The van der Waals surface area contributed by atoms with E-state index in [1.807, 2.05) is 43.3 Å². The molecule has 3 aromatic carbocycles. The van der Waals surface area contributed by atoms with Crippen LogP contribution in [0.4, 0.5) is 5.69 Å². The van der Waals surface area contributed by atoms with Gasteiger partial charge >= 0.3 is 0 Å². The number of carbonyl (C=O) groups excluding carboxylic acids is 1. The molecule has 0 aliphatic rings. The quantitative estimate of drug-likeness (QED) is 0.597. The minimum atomic E-state index is -3.89. The first-order valence-electron chi connectivity index (χ1n) is 9.30. The number of rotatable bonds is 7. The van der Waals surface area contributed by atoms with Crippen LogP contribution in [0.2, 0.25) is 0 Å². The summed E-state index contributed by atoms with van der Waals surface area (Å²) >= 11 is 0. The van der Waals surface area contributed by atoms with Crippen LogP contribution in [0, 0.1) is 6.92 Å². The van der Waals surface area contributed by atoms with Gasteiger partial charge in [-0.15, -0.1) is 0 Å². The van der Waals surface area contributed by atoms with Gasteiger partial charge < -0.3 is 4.90 Å². The number of hydrogen-bond acceptors (Lipinski definition) is 3. The summed E-state index contributed by atoms with van der Waals surface area (Å²) in [6, 6.07) is 24.9. The Morgan fingerprint density at radius 1 is 0.828 bits per heavy atom. The van der Waals surface area contributed by atoms with Gasteiger partial charge in [0, 0.05) is 13.6 Å². The van der Waals surface area contributed by atoms with E-state index in [0.717, 1.165) is 11.1 Å². The Morgan fingerprint density at radius 2 is 1.38 bits per heavy atom. The predicted molar refractivity (Wildman–Crippen MR) is 115 cm³/mol. The van der Waals surface area contributed by atoms with Crippen LogP contribution in [-0.2, 0) is 21.4 Å². The van der Waals surface area contributed by atoms with E-state index in [0.29, 0.717) is 12.2 Å². The van der Waals surface area contributed by atoms with Crippen molar-refractivity contribution < 1.29 is 13.2 Å². The van der Waals surface area contributed by atoms with E-state index < -0.39 is 10.0 Å². The Balaban J connectivity index is 1.88. The van der Waals surface area contributed by atoms with Crippen molar-refractivity contribution in [3.63, 3.8) is 0 Å². The molecule has 3 aromatic rings. The number of sulfonamides is 1. The average Bonchev–Trinajstić information content (AvgIpc) is 2.73. The molecule has 0 aliphatic carbocycles. The summed E-state index contributed by atoms with van der Waals surface area (Å²) in [6.45, 7) is 2.03. The van der Waals surface area contributed by atoms with Gasteiger partial charge in [0.15, 0.2) is 0 Å². The molecule has 0 bridgehead atoms. The largest absolute Gasteiger partial charge is 0.340 e. The summed E-state index contributed by atoms with van der Waals surface area (Å²) < 4.78 is 27.8. The molecule has 0 saturated heterocycles. The van der Waals surface area contributed by atoms with Crippen molar-refractivity contribution >= 4 is 21.6 Å². The number of likely N-dealkylation sites (N-methyl/N-ethyl adjacent to an activating group) is 1. The molecule has 6 heteroatoms. The van der Waals surface area contributed by atoms with Gasteiger partial charge in [-0.1, -0.05) is 66.2 Å². The van der Waals surface area contributed by atoms with Crippen LogP contribution in [0.1, 0.15) is 11.1 Å². The molecule has 0 aromatic heterocycles. The predicted octanol–water partition coefficient (Wildman–Crippen LogP) is 3.85. The van der Waals surface area contributed by atoms with Crippen molar-refractivity contribution in [3.8, 4) is 0 Å². The van der Waals surface area contributed by atoms with Gasteiger partial charge in [-0.25, -0.2) is 8.42 Å². The first-order chi connectivity index (χ1) is 13.9. The molecule has 1 amide bonds. The second-order valence-electron chi connectivity index (χ2n) is 6.90. The van der Waals surface area contributed by atoms with Crippen LogP contribution in [-0.4, -0.2) is 32.8 Å².